The average Bonchev–Trinajstić information content (AvgIpc) is 2.30. The van der Waals surface area contributed by atoms with E-state index in [1.54, 1.807) is 31.5 Å². The maximum Gasteiger partial charge on any atom is 0.130 e. The Labute approximate surface area is 104 Å². The van der Waals surface area contributed by atoms with Crippen LogP contribution in [0.5, 0.6) is 0 Å². The molecule has 1 atom stereocenters. The Bertz CT molecular complexity index is 502. The van der Waals surface area contributed by atoms with Crippen molar-refractivity contribution in [3.05, 3.63) is 54.1 Å². The van der Waals surface area contributed by atoms with Crippen LogP contribution in [0.2, 0.25) is 0 Å². The summed E-state index contributed by atoms with van der Waals surface area (Å²) in [6.45, 7) is 1.56. The number of halogens is 1. The molecule has 0 aliphatic carbocycles. The normalized spacial score (nSPS) is 12.4. The second-order valence-corrected chi connectivity index (χ2v) is 4.73. The van der Waals surface area contributed by atoms with Crippen molar-refractivity contribution in [3.63, 3.8) is 0 Å². The van der Waals surface area contributed by atoms with Crippen molar-refractivity contribution >= 4 is 11.8 Å². The van der Waals surface area contributed by atoms with Gasteiger partial charge >= 0.3 is 0 Å². The highest BCUT2D eigenvalue weighted by Gasteiger charge is 2.14. The fraction of sp³-hybridized carbons (Fsp3) is 0.154. The third-order valence-corrected chi connectivity index (χ3v) is 3.39. The molecule has 0 bridgehead atoms. The van der Waals surface area contributed by atoms with E-state index in [1.807, 2.05) is 12.1 Å². The molecule has 1 aromatic heterocycles. The predicted octanol–water partition coefficient (Wildman–Crippen LogP) is 3.43. The largest absolute Gasteiger partial charge is 0.389 e. The number of aliphatic hydroxyl groups is 1. The molecule has 0 amide bonds. The SMILES string of the molecule is C[C@H](O)c1c(F)cccc1Sc1ccncc1. The number of rotatable bonds is 3. The van der Waals surface area contributed by atoms with Crippen molar-refractivity contribution in [2.24, 2.45) is 0 Å². The summed E-state index contributed by atoms with van der Waals surface area (Å²) in [5.41, 5.74) is 0.342. The number of aromatic nitrogens is 1. The van der Waals surface area contributed by atoms with Crippen LogP contribution < -0.4 is 0 Å². The Hall–Kier alpha value is -1.39. The van der Waals surface area contributed by atoms with Crippen molar-refractivity contribution in [3.8, 4) is 0 Å². The summed E-state index contributed by atoms with van der Waals surface area (Å²) in [6, 6.07) is 8.50. The predicted molar refractivity (Wildman–Crippen MR) is 65.4 cm³/mol. The van der Waals surface area contributed by atoms with Gasteiger partial charge in [0.05, 0.1) is 6.10 Å². The van der Waals surface area contributed by atoms with E-state index < -0.39 is 6.10 Å². The van der Waals surface area contributed by atoms with Crippen LogP contribution in [-0.2, 0) is 0 Å². The van der Waals surface area contributed by atoms with E-state index in [4.69, 9.17) is 0 Å². The zero-order valence-electron chi connectivity index (χ0n) is 9.30. The summed E-state index contributed by atoms with van der Waals surface area (Å²) in [4.78, 5) is 5.62. The Morgan fingerprint density at radius 2 is 1.94 bits per heavy atom. The molecule has 1 N–H and O–H groups in total. The second-order valence-electron chi connectivity index (χ2n) is 3.61. The quantitative estimate of drug-likeness (QED) is 0.904. The summed E-state index contributed by atoms with van der Waals surface area (Å²) < 4.78 is 13.6. The lowest BCUT2D eigenvalue weighted by Crippen LogP contribution is -1.98. The van der Waals surface area contributed by atoms with Crippen LogP contribution in [0, 0.1) is 5.82 Å². The molecule has 2 rings (SSSR count). The molecule has 0 saturated carbocycles. The molecule has 0 aliphatic heterocycles. The number of benzene rings is 1. The van der Waals surface area contributed by atoms with Crippen molar-refractivity contribution in [2.45, 2.75) is 22.8 Å². The summed E-state index contributed by atoms with van der Waals surface area (Å²) in [7, 11) is 0. The topological polar surface area (TPSA) is 33.1 Å². The molecular weight excluding hydrogens is 237 g/mol. The van der Waals surface area contributed by atoms with Crippen LogP contribution in [0.1, 0.15) is 18.6 Å². The molecule has 0 spiro atoms. The van der Waals surface area contributed by atoms with Crippen molar-refractivity contribution in [1.82, 2.24) is 4.98 Å². The van der Waals surface area contributed by atoms with Crippen molar-refractivity contribution < 1.29 is 9.50 Å². The fourth-order valence-electron chi connectivity index (χ4n) is 1.54. The Morgan fingerprint density at radius 1 is 1.24 bits per heavy atom. The van der Waals surface area contributed by atoms with Crippen molar-refractivity contribution in [1.29, 1.82) is 0 Å². The van der Waals surface area contributed by atoms with Crippen LogP contribution in [-0.4, -0.2) is 10.1 Å². The van der Waals surface area contributed by atoms with E-state index in [-0.39, 0.29) is 5.82 Å². The van der Waals surface area contributed by atoms with Crippen LogP contribution in [0.4, 0.5) is 4.39 Å². The fourth-order valence-corrected chi connectivity index (χ4v) is 2.58. The molecule has 0 unspecified atom stereocenters. The van der Waals surface area contributed by atoms with Gasteiger partial charge in [0.15, 0.2) is 0 Å². The van der Waals surface area contributed by atoms with E-state index in [2.05, 4.69) is 4.98 Å². The number of aliphatic hydroxyl groups excluding tert-OH is 1. The first kappa shape index (κ1) is 12.1. The molecule has 0 fully saturated rings. The number of hydrogen-bond donors (Lipinski definition) is 1. The standard InChI is InChI=1S/C13H12FNOS/c1-9(16)13-11(14)3-2-4-12(13)17-10-5-7-15-8-6-10/h2-9,16H,1H3/t9-/m0/s1. The van der Waals surface area contributed by atoms with Gasteiger partial charge in [0.25, 0.3) is 0 Å². The van der Waals surface area contributed by atoms with Crippen LogP contribution in [0.3, 0.4) is 0 Å². The summed E-state index contributed by atoms with van der Waals surface area (Å²) >= 11 is 1.42. The molecule has 1 aromatic carbocycles. The second kappa shape index (κ2) is 5.29. The lowest BCUT2D eigenvalue weighted by Gasteiger charge is -2.12. The zero-order chi connectivity index (χ0) is 12.3. The van der Waals surface area contributed by atoms with E-state index >= 15 is 0 Å². The third-order valence-electron chi connectivity index (χ3n) is 2.31. The minimum atomic E-state index is -0.819. The van der Waals surface area contributed by atoms with Gasteiger partial charge in [0.1, 0.15) is 5.82 Å². The van der Waals surface area contributed by atoms with Gasteiger partial charge in [-0.15, -0.1) is 0 Å². The number of pyridine rings is 1. The Morgan fingerprint density at radius 3 is 2.59 bits per heavy atom. The van der Waals surface area contributed by atoms with Gasteiger partial charge in [0, 0.05) is 27.7 Å². The first-order valence-corrected chi connectivity index (χ1v) is 6.04. The van der Waals surface area contributed by atoms with Gasteiger partial charge in [-0.25, -0.2) is 4.39 Å². The molecule has 88 valence electrons. The van der Waals surface area contributed by atoms with E-state index in [0.717, 1.165) is 9.79 Å². The van der Waals surface area contributed by atoms with E-state index in [0.29, 0.717) is 5.56 Å². The molecule has 0 saturated heterocycles. The zero-order valence-corrected chi connectivity index (χ0v) is 10.1. The average molecular weight is 249 g/mol. The van der Waals surface area contributed by atoms with Gasteiger partial charge in [-0.3, -0.25) is 4.98 Å². The number of nitrogens with zero attached hydrogens (tertiary/aromatic N) is 1. The lowest BCUT2D eigenvalue weighted by molar-refractivity contribution is 0.191. The molecule has 0 aliphatic rings. The third kappa shape index (κ3) is 2.84. The molecular formula is C13H12FNOS. The smallest absolute Gasteiger partial charge is 0.130 e. The lowest BCUT2D eigenvalue weighted by atomic mass is 10.1. The Kier molecular flexibility index (Phi) is 3.76. The highest BCUT2D eigenvalue weighted by Crippen LogP contribution is 2.34. The van der Waals surface area contributed by atoms with E-state index in [9.17, 15) is 9.50 Å². The van der Waals surface area contributed by atoms with Gasteiger partial charge in [0.2, 0.25) is 0 Å². The summed E-state index contributed by atoms with van der Waals surface area (Å²) in [6.07, 6.45) is 2.55. The molecule has 2 nitrogen and oxygen atoms in total. The number of hydrogen-bond acceptors (Lipinski definition) is 3. The van der Waals surface area contributed by atoms with E-state index in [1.165, 1.54) is 17.8 Å². The molecule has 1 heterocycles. The first-order valence-electron chi connectivity index (χ1n) is 5.23. The molecule has 4 heteroatoms. The maximum atomic E-state index is 13.6. The molecule has 2 aromatic rings. The van der Waals surface area contributed by atoms with Gasteiger partial charge in [-0.05, 0) is 31.2 Å². The molecule has 17 heavy (non-hydrogen) atoms. The van der Waals surface area contributed by atoms with Gasteiger partial charge in [-0.1, -0.05) is 17.8 Å². The Balaban J connectivity index is 2.36. The van der Waals surface area contributed by atoms with Crippen LogP contribution >= 0.6 is 11.8 Å². The van der Waals surface area contributed by atoms with Crippen LogP contribution in [0.15, 0.2) is 52.5 Å². The summed E-state index contributed by atoms with van der Waals surface area (Å²) in [5, 5.41) is 9.60. The highest BCUT2D eigenvalue weighted by atomic mass is 32.2. The monoisotopic (exact) mass is 249 g/mol. The maximum absolute atomic E-state index is 13.6. The summed E-state index contributed by atoms with van der Waals surface area (Å²) in [5.74, 6) is -0.376. The minimum Gasteiger partial charge on any atom is -0.389 e. The minimum absolute atomic E-state index is 0.342. The van der Waals surface area contributed by atoms with Gasteiger partial charge in [-0.2, -0.15) is 0 Å². The molecule has 0 radical (unpaired) electrons. The van der Waals surface area contributed by atoms with Crippen molar-refractivity contribution in [2.75, 3.05) is 0 Å². The van der Waals surface area contributed by atoms with Crippen LogP contribution in [0.25, 0.3) is 0 Å². The van der Waals surface area contributed by atoms with Gasteiger partial charge < -0.3 is 5.11 Å². The highest BCUT2D eigenvalue weighted by molar-refractivity contribution is 7.99. The first-order chi connectivity index (χ1) is 8.18.